The van der Waals surface area contributed by atoms with Crippen molar-refractivity contribution in [1.82, 2.24) is 4.90 Å². The number of primary amides is 1. The Kier molecular flexibility index (Phi) is 5.38. The van der Waals surface area contributed by atoms with E-state index in [0.29, 0.717) is 12.1 Å². The Morgan fingerprint density at radius 2 is 1.88 bits per heavy atom. The van der Waals surface area contributed by atoms with Gasteiger partial charge < -0.3 is 11.1 Å². The summed E-state index contributed by atoms with van der Waals surface area (Å²) in [4.78, 5) is 26.2. The Morgan fingerprint density at radius 1 is 1.15 bits per heavy atom. The molecule has 2 aromatic carbocycles. The molecule has 5 heteroatoms. The molecule has 136 valence electrons. The molecular weight excluding hydrogens is 326 g/mol. The first-order valence-electron chi connectivity index (χ1n) is 8.94. The first-order chi connectivity index (χ1) is 12.4. The van der Waals surface area contributed by atoms with Crippen LogP contribution in [0.1, 0.15) is 39.9 Å². The fourth-order valence-corrected chi connectivity index (χ4v) is 3.63. The number of likely N-dealkylation sites (tertiary alicyclic amines) is 1. The van der Waals surface area contributed by atoms with Gasteiger partial charge in [-0.2, -0.15) is 0 Å². The van der Waals surface area contributed by atoms with Gasteiger partial charge in [0.15, 0.2) is 0 Å². The van der Waals surface area contributed by atoms with E-state index in [9.17, 15) is 9.59 Å². The van der Waals surface area contributed by atoms with Crippen molar-refractivity contribution in [3.05, 3.63) is 64.7 Å². The summed E-state index contributed by atoms with van der Waals surface area (Å²) in [7, 11) is 0. The number of rotatable bonds is 5. The second-order valence-corrected chi connectivity index (χ2v) is 7.06. The smallest absolute Gasteiger partial charge is 0.255 e. The number of aryl methyl sites for hydroxylation is 2. The molecule has 0 saturated carbocycles. The fourth-order valence-electron chi connectivity index (χ4n) is 3.63. The number of anilines is 1. The number of nitrogens with zero attached hydrogens (tertiary/aromatic N) is 1. The van der Waals surface area contributed by atoms with Crippen molar-refractivity contribution in [2.75, 3.05) is 11.9 Å². The minimum atomic E-state index is -0.262. The highest BCUT2D eigenvalue weighted by molar-refractivity contribution is 6.04. The number of carbonyl (C=O) groups is 2. The Balaban J connectivity index is 1.71. The lowest BCUT2D eigenvalue weighted by Gasteiger charge is -2.22. The average Bonchev–Trinajstić information content (AvgIpc) is 3.02. The molecule has 1 aliphatic heterocycles. The molecule has 0 aliphatic carbocycles. The van der Waals surface area contributed by atoms with Crippen molar-refractivity contribution in [3.8, 4) is 0 Å². The molecule has 1 saturated heterocycles. The predicted molar refractivity (Wildman–Crippen MR) is 103 cm³/mol. The Hall–Kier alpha value is -2.66. The molecule has 1 fully saturated rings. The van der Waals surface area contributed by atoms with Gasteiger partial charge in [-0.15, -0.1) is 0 Å². The molecule has 26 heavy (non-hydrogen) atoms. The third kappa shape index (κ3) is 4.29. The van der Waals surface area contributed by atoms with Crippen molar-refractivity contribution in [2.24, 2.45) is 5.73 Å². The van der Waals surface area contributed by atoms with Crippen LogP contribution in [0, 0.1) is 13.8 Å². The summed E-state index contributed by atoms with van der Waals surface area (Å²) in [6.45, 7) is 5.48. The van der Waals surface area contributed by atoms with Crippen molar-refractivity contribution in [2.45, 2.75) is 39.3 Å². The summed E-state index contributed by atoms with van der Waals surface area (Å²) in [6.07, 6.45) is 1.80. The molecular formula is C21H25N3O2. The molecule has 0 radical (unpaired) electrons. The molecule has 5 nitrogen and oxygen atoms in total. The van der Waals surface area contributed by atoms with E-state index < -0.39 is 0 Å². The Labute approximate surface area is 154 Å². The van der Waals surface area contributed by atoms with E-state index in [2.05, 4.69) is 10.2 Å². The lowest BCUT2D eigenvalue weighted by Crippen LogP contribution is -2.39. The van der Waals surface area contributed by atoms with Crippen molar-refractivity contribution in [1.29, 1.82) is 0 Å². The van der Waals surface area contributed by atoms with Crippen LogP contribution in [-0.2, 0) is 11.3 Å². The van der Waals surface area contributed by atoms with Gasteiger partial charge >= 0.3 is 0 Å². The lowest BCUT2D eigenvalue weighted by molar-refractivity contribution is -0.122. The van der Waals surface area contributed by atoms with Crippen LogP contribution in [0.4, 0.5) is 5.69 Å². The SMILES string of the molecule is Cc1cc(C)cc(C(=O)Nc2cccc(CN3CCC[C@@H]3C(N)=O)c2)c1. The maximum Gasteiger partial charge on any atom is 0.255 e. The van der Waals surface area contributed by atoms with Gasteiger partial charge in [0.25, 0.3) is 5.91 Å². The summed E-state index contributed by atoms with van der Waals surface area (Å²) in [5, 5.41) is 2.96. The fraction of sp³-hybridized carbons (Fsp3) is 0.333. The molecule has 0 bridgehead atoms. The summed E-state index contributed by atoms with van der Waals surface area (Å²) in [6, 6.07) is 13.4. The van der Waals surface area contributed by atoms with Crippen molar-refractivity contribution >= 4 is 17.5 Å². The lowest BCUT2D eigenvalue weighted by atomic mass is 10.1. The average molecular weight is 351 g/mol. The van der Waals surface area contributed by atoms with Crippen molar-refractivity contribution in [3.63, 3.8) is 0 Å². The molecule has 0 spiro atoms. The van der Waals surface area contributed by atoms with Gasteiger partial charge in [-0.25, -0.2) is 0 Å². The van der Waals surface area contributed by atoms with Gasteiger partial charge in [-0.05, 0) is 63.1 Å². The minimum Gasteiger partial charge on any atom is -0.368 e. The molecule has 1 heterocycles. The molecule has 0 unspecified atom stereocenters. The minimum absolute atomic E-state index is 0.120. The third-order valence-electron chi connectivity index (χ3n) is 4.75. The van der Waals surface area contributed by atoms with Crippen LogP contribution in [0.3, 0.4) is 0 Å². The van der Waals surface area contributed by atoms with Crippen molar-refractivity contribution < 1.29 is 9.59 Å². The highest BCUT2D eigenvalue weighted by Crippen LogP contribution is 2.21. The highest BCUT2D eigenvalue weighted by atomic mass is 16.2. The van der Waals surface area contributed by atoms with E-state index in [1.165, 1.54) is 0 Å². The van der Waals surface area contributed by atoms with E-state index in [1.807, 2.05) is 56.3 Å². The first-order valence-corrected chi connectivity index (χ1v) is 8.94. The van der Waals surface area contributed by atoms with Crippen LogP contribution in [0.25, 0.3) is 0 Å². The number of benzene rings is 2. The van der Waals surface area contributed by atoms with Gasteiger partial charge in [0.2, 0.25) is 5.91 Å². The number of hydrogen-bond acceptors (Lipinski definition) is 3. The maximum atomic E-state index is 12.5. The summed E-state index contributed by atoms with van der Waals surface area (Å²) in [5.74, 6) is -0.382. The molecule has 0 aromatic heterocycles. The van der Waals surface area contributed by atoms with Gasteiger partial charge in [0, 0.05) is 17.8 Å². The van der Waals surface area contributed by atoms with Crippen LogP contribution in [0.5, 0.6) is 0 Å². The highest BCUT2D eigenvalue weighted by Gasteiger charge is 2.28. The van der Waals surface area contributed by atoms with Gasteiger partial charge in [-0.3, -0.25) is 14.5 Å². The standard InChI is InChI=1S/C21H25N3O2/c1-14-9-15(2)11-17(10-14)21(26)23-18-6-3-5-16(12-18)13-24-8-4-7-19(24)20(22)25/h3,5-6,9-12,19H,4,7-8,13H2,1-2H3,(H2,22,25)(H,23,26)/t19-/m1/s1. The normalized spacial score (nSPS) is 17.2. The number of nitrogens with two attached hydrogens (primary N) is 1. The predicted octanol–water partition coefficient (Wildman–Crippen LogP) is 3.01. The van der Waals surface area contributed by atoms with Crippen LogP contribution in [0.2, 0.25) is 0 Å². The van der Waals surface area contributed by atoms with Crippen LogP contribution in [-0.4, -0.2) is 29.3 Å². The van der Waals surface area contributed by atoms with Crippen LogP contribution in [0.15, 0.2) is 42.5 Å². The Morgan fingerprint density at radius 3 is 2.58 bits per heavy atom. The zero-order valence-electron chi connectivity index (χ0n) is 15.3. The number of amides is 2. The topological polar surface area (TPSA) is 75.4 Å². The number of nitrogens with one attached hydrogen (secondary N) is 1. The second-order valence-electron chi connectivity index (χ2n) is 7.06. The van der Waals surface area contributed by atoms with Gasteiger partial charge in [-0.1, -0.05) is 29.3 Å². The van der Waals surface area contributed by atoms with E-state index in [-0.39, 0.29) is 17.9 Å². The third-order valence-corrected chi connectivity index (χ3v) is 4.75. The quantitative estimate of drug-likeness (QED) is 0.869. The maximum absolute atomic E-state index is 12.5. The zero-order chi connectivity index (χ0) is 18.7. The van der Waals surface area contributed by atoms with E-state index >= 15 is 0 Å². The molecule has 3 rings (SSSR count). The van der Waals surface area contributed by atoms with Crippen LogP contribution < -0.4 is 11.1 Å². The first kappa shape index (κ1) is 18.1. The second kappa shape index (κ2) is 7.70. The Bertz CT molecular complexity index is 812. The van der Waals surface area contributed by atoms with Gasteiger partial charge in [0.1, 0.15) is 0 Å². The number of hydrogen-bond donors (Lipinski definition) is 2. The summed E-state index contributed by atoms with van der Waals surface area (Å²) in [5.41, 5.74) is 10.1. The van der Waals surface area contributed by atoms with E-state index in [1.54, 1.807) is 0 Å². The number of carbonyl (C=O) groups excluding carboxylic acids is 2. The molecule has 3 N–H and O–H groups in total. The monoisotopic (exact) mass is 351 g/mol. The zero-order valence-corrected chi connectivity index (χ0v) is 15.3. The molecule has 2 aromatic rings. The summed E-state index contributed by atoms with van der Waals surface area (Å²) < 4.78 is 0. The van der Waals surface area contributed by atoms with E-state index in [4.69, 9.17) is 5.73 Å². The van der Waals surface area contributed by atoms with Gasteiger partial charge in [0.05, 0.1) is 6.04 Å². The van der Waals surface area contributed by atoms with E-state index in [0.717, 1.165) is 41.8 Å². The molecule has 2 amide bonds. The summed E-state index contributed by atoms with van der Waals surface area (Å²) >= 11 is 0. The molecule has 1 aliphatic rings. The largest absolute Gasteiger partial charge is 0.368 e. The molecule has 1 atom stereocenters. The van der Waals surface area contributed by atoms with Crippen LogP contribution >= 0.6 is 0 Å².